The SMILES string of the molecule is C[C@@]1(C(=O)c2ccc(C#N)cc2)CNC[C@]1(C)c1ccc(Cl)cc1. The molecule has 3 rings (SSSR count). The first-order chi connectivity index (χ1) is 11.4. The Labute approximate surface area is 147 Å². The number of hydrogen-bond acceptors (Lipinski definition) is 3. The Kier molecular flexibility index (Phi) is 4.21. The zero-order valence-corrected chi connectivity index (χ0v) is 14.5. The van der Waals surface area contributed by atoms with E-state index in [-0.39, 0.29) is 11.2 Å². The highest BCUT2D eigenvalue weighted by atomic mass is 35.5. The van der Waals surface area contributed by atoms with Crippen LogP contribution in [0.25, 0.3) is 0 Å². The van der Waals surface area contributed by atoms with Gasteiger partial charge in [0.25, 0.3) is 0 Å². The van der Waals surface area contributed by atoms with Crippen molar-refractivity contribution in [2.75, 3.05) is 13.1 Å². The molecule has 24 heavy (non-hydrogen) atoms. The molecule has 0 spiro atoms. The van der Waals surface area contributed by atoms with Crippen LogP contribution >= 0.6 is 11.6 Å². The molecule has 1 N–H and O–H groups in total. The highest BCUT2D eigenvalue weighted by Gasteiger charge is 2.54. The third-order valence-corrected chi connectivity index (χ3v) is 5.69. The summed E-state index contributed by atoms with van der Waals surface area (Å²) in [4.78, 5) is 13.3. The fourth-order valence-corrected chi connectivity index (χ4v) is 3.66. The van der Waals surface area contributed by atoms with Crippen molar-refractivity contribution >= 4 is 17.4 Å². The molecule has 1 aliphatic heterocycles. The Morgan fingerprint density at radius 1 is 1.08 bits per heavy atom. The van der Waals surface area contributed by atoms with Crippen LogP contribution in [0.5, 0.6) is 0 Å². The van der Waals surface area contributed by atoms with Gasteiger partial charge in [0, 0.05) is 29.1 Å². The summed E-state index contributed by atoms with van der Waals surface area (Å²) in [6, 6.07) is 16.7. The number of ketones is 1. The van der Waals surface area contributed by atoms with Crippen LogP contribution in [-0.4, -0.2) is 18.9 Å². The van der Waals surface area contributed by atoms with E-state index in [1.807, 2.05) is 31.2 Å². The van der Waals surface area contributed by atoms with Crippen molar-refractivity contribution < 1.29 is 4.79 Å². The number of carbonyl (C=O) groups excluding carboxylic acids is 1. The molecule has 0 aliphatic carbocycles. The number of Topliss-reactive ketones (excluding diaryl/α,β-unsaturated/α-hetero) is 1. The predicted octanol–water partition coefficient (Wildman–Crippen LogP) is 3.96. The summed E-state index contributed by atoms with van der Waals surface area (Å²) in [7, 11) is 0. The Balaban J connectivity index is 2.01. The molecule has 2 aromatic carbocycles. The zero-order chi connectivity index (χ0) is 17.4. The van der Waals surface area contributed by atoms with Crippen molar-refractivity contribution in [1.82, 2.24) is 5.32 Å². The van der Waals surface area contributed by atoms with Crippen LogP contribution in [0.1, 0.15) is 35.3 Å². The molecule has 1 saturated heterocycles. The fraction of sp³-hybridized carbons (Fsp3) is 0.300. The summed E-state index contributed by atoms with van der Waals surface area (Å²) in [5.74, 6) is 0.0921. The molecule has 1 aliphatic rings. The van der Waals surface area contributed by atoms with Crippen molar-refractivity contribution in [2.24, 2.45) is 5.41 Å². The number of carbonyl (C=O) groups is 1. The average molecular weight is 339 g/mol. The molecule has 0 unspecified atom stereocenters. The summed E-state index contributed by atoms with van der Waals surface area (Å²) < 4.78 is 0. The van der Waals surface area contributed by atoms with E-state index in [4.69, 9.17) is 16.9 Å². The zero-order valence-electron chi connectivity index (χ0n) is 13.8. The van der Waals surface area contributed by atoms with Crippen LogP contribution in [0.4, 0.5) is 0 Å². The van der Waals surface area contributed by atoms with Crippen LogP contribution < -0.4 is 5.32 Å². The number of nitrogens with one attached hydrogen (secondary N) is 1. The van der Waals surface area contributed by atoms with E-state index in [9.17, 15) is 4.79 Å². The lowest BCUT2D eigenvalue weighted by Gasteiger charge is -2.39. The Morgan fingerprint density at radius 2 is 1.71 bits per heavy atom. The van der Waals surface area contributed by atoms with E-state index in [2.05, 4.69) is 18.3 Å². The summed E-state index contributed by atoms with van der Waals surface area (Å²) >= 11 is 6.01. The third kappa shape index (κ3) is 2.53. The van der Waals surface area contributed by atoms with E-state index < -0.39 is 5.41 Å². The number of nitriles is 1. The molecule has 2 atom stereocenters. The topological polar surface area (TPSA) is 52.9 Å². The van der Waals surface area contributed by atoms with Gasteiger partial charge in [-0.25, -0.2) is 0 Å². The predicted molar refractivity (Wildman–Crippen MR) is 95.3 cm³/mol. The monoisotopic (exact) mass is 338 g/mol. The smallest absolute Gasteiger partial charge is 0.170 e. The van der Waals surface area contributed by atoms with E-state index in [0.29, 0.717) is 22.7 Å². The van der Waals surface area contributed by atoms with Crippen LogP contribution in [-0.2, 0) is 5.41 Å². The Bertz CT molecular complexity index is 807. The van der Waals surface area contributed by atoms with E-state index in [1.165, 1.54) is 0 Å². The first kappa shape index (κ1) is 16.7. The van der Waals surface area contributed by atoms with Gasteiger partial charge in [-0.3, -0.25) is 4.79 Å². The maximum atomic E-state index is 13.3. The second kappa shape index (κ2) is 6.05. The molecule has 0 saturated carbocycles. The van der Waals surface area contributed by atoms with Crippen molar-refractivity contribution in [1.29, 1.82) is 5.26 Å². The average Bonchev–Trinajstić information content (AvgIpc) is 2.92. The minimum atomic E-state index is -0.574. The van der Waals surface area contributed by atoms with Crippen molar-refractivity contribution in [2.45, 2.75) is 19.3 Å². The molecule has 0 bridgehead atoms. The normalized spacial score (nSPS) is 26.1. The van der Waals surface area contributed by atoms with E-state index in [1.54, 1.807) is 24.3 Å². The van der Waals surface area contributed by atoms with Gasteiger partial charge in [-0.05, 0) is 29.8 Å². The number of rotatable bonds is 3. The molecule has 0 amide bonds. The number of nitrogens with zero attached hydrogens (tertiary/aromatic N) is 1. The maximum absolute atomic E-state index is 13.3. The molecule has 0 aromatic heterocycles. The van der Waals surface area contributed by atoms with Gasteiger partial charge in [0.15, 0.2) is 5.78 Å². The van der Waals surface area contributed by atoms with Crippen molar-refractivity contribution in [3.63, 3.8) is 0 Å². The van der Waals surface area contributed by atoms with E-state index in [0.717, 1.165) is 12.1 Å². The minimum absolute atomic E-state index is 0.0921. The molecular formula is C20H19ClN2O. The maximum Gasteiger partial charge on any atom is 0.170 e. The Hall–Kier alpha value is -2.15. The molecule has 0 radical (unpaired) electrons. The van der Waals surface area contributed by atoms with Gasteiger partial charge in [-0.1, -0.05) is 49.7 Å². The Morgan fingerprint density at radius 3 is 2.29 bits per heavy atom. The highest BCUT2D eigenvalue weighted by molar-refractivity contribution is 6.30. The van der Waals surface area contributed by atoms with Gasteiger partial charge < -0.3 is 5.32 Å². The molecule has 3 nitrogen and oxygen atoms in total. The summed E-state index contributed by atoms with van der Waals surface area (Å²) in [6.07, 6.45) is 0. The van der Waals surface area contributed by atoms with Crippen molar-refractivity contribution in [3.8, 4) is 6.07 Å². The first-order valence-electron chi connectivity index (χ1n) is 7.92. The number of benzene rings is 2. The lowest BCUT2D eigenvalue weighted by atomic mass is 9.61. The lowest BCUT2D eigenvalue weighted by molar-refractivity contribution is 0.0752. The molecule has 122 valence electrons. The molecular weight excluding hydrogens is 320 g/mol. The van der Waals surface area contributed by atoms with Crippen LogP contribution in [0.15, 0.2) is 48.5 Å². The van der Waals surface area contributed by atoms with Crippen molar-refractivity contribution in [3.05, 3.63) is 70.2 Å². The van der Waals surface area contributed by atoms with Gasteiger partial charge in [0.1, 0.15) is 0 Å². The molecule has 4 heteroatoms. The second-order valence-electron chi connectivity index (χ2n) is 6.79. The first-order valence-corrected chi connectivity index (χ1v) is 8.30. The van der Waals surface area contributed by atoms with Crippen LogP contribution in [0.2, 0.25) is 5.02 Å². The van der Waals surface area contributed by atoms with Gasteiger partial charge in [-0.2, -0.15) is 5.26 Å². The molecule has 1 heterocycles. The van der Waals surface area contributed by atoms with Gasteiger partial charge >= 0.3 is 0 Å². The fourth-order valence-electron chi connectivity index (χ4n) is 3.54. The summed E-state index contributed by atoms with van der Waals surface area (Å²) in [5.41, 5.74) is 1.39. The number of halogens is 1. The quantitative estimate of drug-likeness (QED) is 0.862. The summed E-state index contributed by atoms with van der Waals surface area (Å²) in [6.45, 7) is 5.48. The summed E-state index contributed by atoms with van der Waals surface area (Å²) in [5, 5.41) is 13.0. The minimum Gasteiger partial charge on any atom is -0.315 e. The van der Waals surface area contributed by atoms with Gasteiger partial charge in [0.2, 0.25) is 0 Å². The van der Waals surface area contributed by atoms with Crippen LogP contribution in [0.3, 0.4) is 0 Å². The highest BCUT2D eigenvalue weighted by Crippen LogP contribution is 2.46. The molecule has 2 aromatic rings. The largest absolute Gasteiger partial charge is 0.315 e. The van der Waals surface area contributed by atoms with Gasteiger partial charge in [0.05, 0.1) is 17.0 Å². The third-order valence-electron chi connectivity index (χ3n) is 5.43. The second-order valence-corrected chi connectivity index (χ2v) is 7.23. The molecule has 1 fully saturated rings. The van der Waals surface area contributed by atoms with Crippen LogP contribution in [0, 0.1) is 16.7 Å². The van der Waals surface area contributed by atoms with Gasteiger partial charge in [-0.15, -0.1) is 0 Å². The van der Waals surface area contributed by atoms with E-state index >= 15 is 0 Å². The standard InChI is InChI=1S/C20H19ClN2O/c1-19(16-7-9-17(21)10-8-16)12-23-13-20(19,2)18(24)15-5-3-14(11-22)4-6-15/h3-10,23H,12-13H2,1-2H3/t19-,20+/m1/s1. The lowest BCUT2D eigenvalue weighted by Crippen LogP contribution is -2.46. The number of hydrogen-bond donors (Lipinski definition) is 1.